The first-order chi connectivity index (χ1) is 16.7. The molecule has 0 bridgehead atoms. The lowest BCUT2D eigenvalue weighted by Crippen LogP contribution is -1.94. The van der Waals surface area contributed by atoms with Gasteiger partial charge in [0.25, 0.3) is 0 Å². The number of phenols is 1. The van der Waals surface area contributed by atoms with Crippen LogP contribution >= 0.6 is 0 Å². The number of benzene rings is 1. The Hall–Kier alpha value is -1.38. The Labute approximate surface area is 212 Å². The molecule has 1 rings (SSSR count). The molecule has 0 aliphatic heterocycles. The van der Waals surface area contributed by atoms with Gasteiger partial charge in [-0.25, -0.2) is 0 Å². The summed E-state index contributed by atoms with van der Waals surface area (Å²) in [6.45, 7) is 2.29. The average molecular weight is 477 g/mol. The Morgan fingerprint density at radius 1 is 0.529 bits per heavy atom. The fraction of sp³-hybridized carbons (Fsp3) is 0.806. The van der Waals surface area contributed by atoms with E-state index in [-0.39, 0.29) is 5.75 Å². The summed E-state index contributed by atoms with van der Waals surface area (Å²) in [5.74, 6) is 1.50. The van der Waals surface area contributed by atoms with Crippen LogP contribution in [0.4, 0.5) is 0 Å². The van der Waals surface area contributed by atoms with Crippen molar-refractivity contribution < 1.29 is 14.6 Å². The molecule has 1 aromatic rings. The summed E-state index contributed by atoms with van der Waals surface area (Å²) in [6, 6.07) is 3.66. The van der Waals surface area contributed by atoms with Gasteiger partial charge in [-0.1, -0.05) is 135 Å². The van der Waals surface area contributed by atoms with E-state index < -0.39 is 0 Å². The predicted octanol–water partition coefficient (Wildman–Crippen LogP) is 10.2. The number of unbranched alkanes of at least 4 members (excludes halogenated alkanes) is 20. The first-order valence-electron chi connectivity index (χ1n) is 14.7. The highest BCUT2D eigenvalue weighted by atomic mass is 16.5. The average Bonchev–Trinajstić information content (AvgIpc) is 2.85. The molecule has 0 atom stereocenters. The molecular formula is C31H56O3. The number of rotatable bonds is 24. The molecule has 0 aliphatic rings. The Bertz CT molecular complexity index is 584. The number of ether oxygens (including phenoxy) is 2. The van der Waals surface area contributed by atoms with Crippen molar-refractivity contribution in [3.63, 3.8) is 0 Å². The van der Waals surface area contributed by atoms with E-state index in [0.29, 0.717) is 5.75 Å². The highest BCUT2D eigenvalue weighted by Gasteiger charge is 2.10. The monoisotopic (exact) mass is 476 g/mol. The van der Waals surface area contributed by atoms with Crippen LogP contribution in [-0.4, -0.2) is 19.3 Å². The third-order valence-electron chi connectivity index (χ3n) is 7.13. The summed E-state index contributed by atoms with van der Waals surface area (Å²) >= 11 is 0. The van der Waals surface area contributed by atoms with Crippen molar-refractivity contribution in [1.29, 1.82) is 0 Å². The van der Waals surface area contributed by atoms with Crippen LogP contribution < -0.4 is 9.47 Å². The van der Waals surface area contributed by atoms with Gasteiger partial charge < -0.3 is 14.6 Å². The molecule has 198 valence electrons. The zero-order valence-corrected chi connectivity index (χ0v) is 23.0. The molecule has 0 saturated carbocycles. The Balaban J connectivity index is 1.84. The minimum absolute atomic E-state index is 0.261. The van der Waals surface area contributed by atoms with Gasteiger partial charge in [0.05, 0.1) is 14.2 Å². The van der Waals surface area contributed by atoms with E-state index in [1.165, 1.54) is 128 Å². The molecule has 0 amide bonds. The van der Waals surface area contributed by atoms with Crippen molar-refractivity contribution in [1.82, 2.24) is 0 Å². The maximum Gasteiger partial charge on any atom is 0.164 e. The van der Waals surface area contributed by atoms with E-state index in [1.54, 1.807) is 20.3 Å². The SMILES string of the molecule is CCCCCCCCCCCCCCCCCCCCCCCc1cc(OC)cc(OC)c1O. The zero-order chi connectivity index (χ0) is 24.7. The quantitative estimate of drug-likeness (QED) is 0.151. The smallest absolute Gasteiger partial charge is 0.164 e. The molecule has 0 unspecified atom stereocenters. The van der Waals surface area contributed by atoms with Crippen molar-refractivity contribution in [3.8, 4) is 17.2 Å². The fourth-order valence-corrected chi connectivity index (χ4v) is 4.85. The summed E-state index contributed by atoms with van der Waals surface area (Å²) in [4.78, 5) is 0. The van der Waals surface area contributed by atoms with Crippen molar-refractivity contribution in [2.24, 2.45) is 0 Å². The second kappa shape index (κ2) is 22.1. The normalized spacial score (nSPS) is 11.1. The maximum absolute atomic E-state index is 10.3. The molecule has 0 aliphatic carbocycles. The van der Waals surface area contributed by atoms with E-state index in [4.69, 9.17) is 9.47 Å². The molecule has 0 fully saturated rings. The van der Waals surface area contributed by atoms with Crippen LogP contribution in [0.3, 0.4) is 0 Å². The van der Waals surface area contributed by atoms with Gasteiger partial charge in [-0.3, -0.25) is 0 Å². The molecule has 0 radical (unpaired) electrons. The molecule has 34 heavy (non-hydrogen) atoms. The van der Waals surface area contributed by atoms with Gasteiger partial charge in [-0.05, 0) is 18.9 Å². The molecule has 3 nitrogen and oxygen atoms in total. The second-order valence-corrected chi connectivity index (χ2v) is 10.2. The first kappa shape index (κ1) is 30.7. The number of aryl methyl sites for hydroxylation is 1. The van der Waals surface area contributed by atoms with E-state index in [2.05, 4.69) is 6.92 Å². The highest BCUT2D eigenvalue weighted by molar-refractivity contribution is 5.50. The van der Waals surface area contributed by atoms with Gasteiger partial charge >= 0.3 is 0 Å². The van der Waals surface area contributed by atoms with Gasteiger partial charge in [0.15, 0.2) is 11.5 Å². The number of hydrogen-bond acceptors (Lipinski definition) is 3. The summed E-state index contributed by atoms with van der Waals surface area (Å²) in [6.07, 6.45) is 30.2. The molecule has 0 spiro atoms. The maximum atomic E-state index is 10.3. The number of hydrogen-bond donors (Lipinski definition) is 1. The lowest BCUT2D eigenvalue weighted by atomic mass is 10.0. The molecular weight excluding hydrogens is 420 g/mol. The molecule has 0 heterocycles. The van der Waals surface area contributed by atoms with Crippen LogP contribution in [0.2, 0.25) is 0 Å². The minimum Gasteiger partial charge on any atom is -0.504 e. The van der Waals surface area contributed by atoms with Gasteiger partial charge in [0.1, 0.15) is 5.75 Å². The molecule has 1 N–H and O–H groups in total. The van der Waals surface area contributed by atoms with Crippen molar-refractivity contribution >= 4 is 0 Å². The van der Waals surface area contributed by atoms with Crippen molar-refractivity contribution in [2.75, 3.05) is 14.2 Å². The Morgan fingerprint density at radius 2 is 0.912 bits per heavy atom. The van der Waals surface area contributed by atoms with Crippen LogP contribution in [0.5, 0.6) is 17.2 Å². The van der Waals surface area contributed by atoms with Crippen LogP contribution in [0, 0.1) is 0 Å². The van der Waals surface area contributed by atoms with Gasteiger partial charge in [0, 0.05) is 11.6 Å². The third-order valence-corrected chi connectivity index (χ3v) is 7.13. The van der Waals surface area contributed by atoms with Crippen molar-refractivity contribution in [3.05, 3.63) is 17.7 Å². The first-order valence-corrected chi connectivity index (χ1v) is 14.7. The summed E-state index contributed by atoms with van der Waals surface area (Å²) in [5.41, 5.74) is 0.925. The summed E-state index contributed by atoms with van der Waals surface area (Å²) in [7, 11) is 3.23. The molecule has 0 saturated heterocycles. The van der Waals surface area contributed by atoms with E-state index in [1.807, 2.05) is 6.07 Å². The van der Waals surface area contributed by atoms with Crippen LogP contribution in [0.25, 0.3) is 0 Å². The third kappa shape index (κ3) is 15.5. The zero-order valence-electron chi connectivity index (χ0n) is 23.0. The lowest BCUT2D eigenvalue weighted by molar-refractivity contribution is 0.360. The van der Waals surface area contributed by atoms with Gasteiger partial charge in [0.2, 0.25) is 0 Å². The van der Waals surface area contributed by atoms with Crippen molar-refractivity contribution in [2.45, 2.75) is 148 Å². The Morgan fingerprint density at radius 3 is 1.26 bits per heavy atom. The van der Waals surface area contributed by atoms with Crippen LogP contribution in [0.15, 0.2) is 12.1 Å². The topological polar surface area (TPSA) is 38.7 Å². The second-order valence-electron chi connectivity index (χ2n) is 10.2. The molecule has 0 aromatic heterocycles. The minimum atomic E-state index is 0.261. The molecule has 3 heteroatoms. The van der Waals surface area contributed by atoms with E-state index in [9.17, 15) is 5.11 Å². The van der Waals surface area contributed by atoms with Crippen LogP contribution in [-0.2, 0) is 6.42 Å². The molecule has 1 aromatic carbocycles. The Kier molecular flexibility index (Phi) is 19.9. The largest absolute Gasteiger partial charge is 0.504 e. The fourth-order valence-electron chi connectivity index (χ4n) is 4.85. The van der Waals surface area contributed by atoms with Crippen LogP contribution in [0.1, 0.15) is 147 Å². The number of methoxy groups -OCH3 is 2. The van der Waals surface area contributed by atoms with E-state index in [0.717, 1.165) is 24.2 Å². The highest BCUT2D eigenvalue weighted by Crippen LogP contribution is 2.35. The van der Waals surface area contributed by atoms with E-state index >= 15 is 0 Å². The summed E-state index contributed by atoms with van der Waals surface area (Å²) < 4.78 is 10.6. The number of aromatic hydroxyl groups is 1. The standard InChI is InChI=1S/C31H56O3/c1-4-5-6-7-8-9-10-11-12-13-14-15-16-17-18-19-20-21-22-23-24-25-28-26-29(33-2)27-30(34-3)31(28)32/h26-27,32H,4-25H2,1-3H3. The predicted molar refractivity (Wildman–Crippen MR) is 148 cm³/mol. The van der Waals surface area contributed by atoms with Gasteiger partial charge in [-0.15, -0.1) is 0 Å². The lowest BCUT2D eigenvalue weighted by Gasteiger charge is -2.11. The van der Waals surface area contributed by atoms with Gasteiger partial charge in [-0.2, -0.15) is 0 Å². The number of phenolic OH excluding ortho intramolecular Hbond substituents is 1. The summed E-state index contributed by atoms with van der Waals surface area (Å²) in [5, 5.41) is 10.3.